The first-order valence-electron chi connectivity index (χ1n) is 5.34. The summed E-state index contributed by atoms with van der Waals surface area (Å²) in [6, 6.07) is 6.46. The molecule has 1 heterocycles. The van der Waals surface area contributed by atoms with Gasteiger partial charge in [0.25, 0.3) is 0 Å². The Hall–Kier alpha value is -1.41. The first-order valence-corrected chi connectivity index (χ1v) is 5.34. The van der Waals surface area contributed by atoms with Crippen molar-refractivity contribution in [3.63, 3.8) is 0 Å². The number of nitrogens with two attached hydrogens (primary N) is 1. The summed E-state index contributed by atoms with van der Waals surface area (Å²) in [7, 11) is 0. The molecule has 2 aromatic rings. The summed E-state index contributed by atoms with van der Waals surface area (Å²) in [5.74, 6) is 0. The summed E-state index contributed by atoms with van der Waals surface area (Å²) >= 11 is 0. The Morgan fingerprint density at radius 1 is 1.33 bits per heavy atom. The van der Waals surface area contributed by atoms with E-state index in [4.69, 9.17) is 5.73 Å². The van der Waals surface area contributed by atoms with Crippen LogP contribution in [0.3, 0.4) is 0 Å². The Morgan fingerprint density at radius 3 is 2.80 bits per heavy atom. The zero-order chi connectivity index (χ0) is 10.8. The van der Waals surface area contributed by atoms with Crippen LogP contribution < -0.4 is 5.73 Å². The van der Waals surface area contributed by atoms with Crippen LogP contribution >= 0.6 is 0 Å². The van der Waals surface area contributed by atoms with Gasteiger partial charge in [-0.1, -0.05) is 19.1 Å². The zero-order valence-electron chi connectivity index (χ0n) is 9.20. The fourth-order valence-corrected chi connectivity index (χ4v) is 1.82. The fraction of sp³-hybridized carbons (Fsp3) is 0.308. The van der Waals surface area contributed by atoms with Gasteiger partial charge in [-0.25, -0.2) is 0 Å². The Morgan fingerprint density at radius 2 is 2.13 bits per heavy atom. The van der Waals surface area contributed by atoms with E-state index in [2.05, 4.69) is 30.1 Å². The van der Waals surface area contributed by atoms with Gasteiger partial charge in [0.15, 0.2) is 0 Å². The van der Waals surface area contributed by atoms with Crippen LogP contribution in [0.5, 0.6) is 0 Å². The van der Waals surface area contributed by atoms with Crippen LogP contribution in [0.4, 0.5) is 0 Å². The minimum Gasteiger partial charge on any atom is -0.324 e. The molecule has 0 radical (unpaired) electrons. The van der Waals surface area contributed by atoms with E-state index in [9.17, 15) is 0 Å². The van der Waals surface area contributed by atoms with Gasteiger partial charge < -0.3 is 5.73 Å². The molecule has 0 aliphatic heterocycles. The van der Waals surface area contributed by atoms with Crippen LogP contribution in [0.15, 0.2) is 30.6 Å². The number of fused-ring (bicyclic) bond motifs is 1. The van der Waals surface area contributed by atoms with Crippen molar-refractivity contribution in [2.24, 2.45) is 5.73 Å². The quantitative estimate of drug-likeness (QED) is 0.809. The summed E-state index contributed by atoms with van der Waals surface area (Å²) in [5, 5.41) is 2.47. The molecular weight excluding hydrogens is 184 g/mol. The lowest BCUT2D eigenvalue weighted by molar-refractivity contribution is 0.820. The largest absolute Gasteiger partial charge is 0.324 e. The minimum atomic E-state index is 0.0830. The van der Waals surface area contributed by atoms with Crippen LogP contribution in [0.2, 0.25) is 0 Å². The highest BCUT2D eigenvalue weighted by Crippen LogP contribution is 2.21. The van der Waals surface area contributed by atoms with Crippen LogP contribution in [0.1, 0.15) is 31.0 Å². The first-order chi connectivity index (χ1) is 7.22. The molecule has 1 unspecified atom stereocenters. The van der Waals surface area contributed by atoms with Crippen LogP contribution in [-0.4, -0.2) is 4.98 Å². The minimum absolute atomic E-state index is 0.0830. The Kier molecular flexibility index (Phi) is 2.69. The third-order valence-corrected chi connectivity index (χ3v) is 2.77. The topological polar surface area (TPSA) is 38.9 Å². The summed E-state index contributed by atoms with van der Waals surface area (Å²) in [5.41, 5.74) is 8.31. The lowest BCUT2D eigenvalue weighted by Gasteiger charge is -2.08. The van der Waals surface area contributed by atoms with Crippen LogP contribution in [-0.2, 0) is 6.42 Å². The molecule has 1 aromatic heterocycles. The predicted octanol–water partition coefficient (Wildman–Crippen LogP) is 2.82. The second-order valence-electron chi connectivity index (χ2n) is 3.92. The molecule has 0 aliphatic rings. The number of nitrogens with zero attached hydrogens (tertiary/aromatic N) is 1. The summed E-state index contributed by atoms with van der Waals surface area (Å²) in [4.78, 5) is 4.24. The summed E-state index contributed by atoms with van der Waals surface area (Å²) in [6.45, 7) is 4.15. The van der Waals surface area contributed by atoms with E-state index in [1.54, 1.807) is 0 Å². The smallest absolute Gasteiger partial charge is 0.0346 e. The maximum atomic E-state index is 5.85. The SMILES string of the molecule is CCc1cncc2cc(C(C)N)ccc12. The van der Waals surface area contributed by atoms with Gasteiger partial charge in [0.2, 0.25) is 0 Å². The average molecular weight is 200 g/mol. The van der Waals surface area contributed by atoms with E-state index in [1.807, 2.05) is 19.3 Å². The fourth-order valence-electron chi connectivity index (χ4n) is 1.82. The van der Waals surface area contributed by atoms with Crippen molar-refractivity contribution in [1.29, 1.82) is 0 Å². The van der Waals surface area contributed by atoms with Crippen molar-refractivity contribution in [2.75, 3.05) is 0 Å². The number of benzene rings is 1. The number of hydrogen-bond donors (Lipinski definition) is 1. The number of pyridine rings is 1. The molecule has 0 saturated heterocycles. The molecule has 0 aliphatic carbocycles. The monoisotopic (exact) mass is 200 g/mol. The van der Waals surface area contributed by atoms with Crippen molar-refractivity contribution in [3.05, 3.63) is 41.7 Å². The molecule has 15 heavy (non-hydrogen) atoms. The average Bonchev–Trinajstić information content (AvgIpc) is 2.27. The summed E-state index contributed by atoms with van der Waals surface area (Å²) in [6.07, 6.45) is 4.86. The molecule has 2 heteroatoms. The Bertz CT molecular complexity index is 475. The molecule has 0 bridgehead atoms. The highest BCUT2D eigenvalue weighted by Gasteiger charge is 2.03. The molecule has 2 nitrogen and oxygen atoms in total. The van der Waals surface area contributed by atoms with Gasteiger partial charge in [0.05, 0.1) is 0 Å². The predicted molar refractivity (Wildman–Crippen MR) is 63.7 cm³/mol. The number of rotatable bonds is 2. The maximum absolute atomic E-state index is 5.85. The third-order valence-electron chi connectivity index (χ3n) is 2.77. The number of aromatic nitrogens is 1. The van der Waals surface area contributed by atoms with E-state index in [-0.39, 0.29) is 6.04 Å². The van der Waals surface area contributed by atoms with Crippen molar-refractivity contribution < 1.29 is 0 Å². The van der Waals surface area contributed by atoms with Gasteiger partial charge in [-0.05, 0) is 35.9 Å². The van der Waals surface area contributed by atoms with Gasteiger partial charge in [0, 0.05) is 23.8 Å². The van der Waals surface area contributed by atoms with E-state index in [0.717, 1.165) is 12.0 Å². The molecule has 2 rings (SSSR count). The summed E-state index contributed by atoms with van der Waals surface area (Å²) < 4.78 is 0. The van der Waals surface area contributed by atoms with Crippen molar-refractivity contribution in [2.45, 2.75) is 26.3 Å². The standard InChI is InChI=1S/C13H16N2/c1-3-10-7-15-8-12-6-11(9(2)14)4-5-13(10)12/h4-9H,3,14H2,1-2H3. The highest BCUT2D eigenvalue weighted by atomic mass is 14.6. The van der Waals surface area contributed by atoms with Gasteiger partial charge in [-0.2, -0.15) is 0 Å². The molecule has 0 amide bonds. The van der Waals surface area contributed by atoms with Gasteiger partial charge in [-0.3, -0.25) is 4.98 Å². The molecule has 0 spiro atoms. The zero-order valence-corrected chi connectivity index (χ0v) is 9.20. The molecule has 2 N–H and O–H groups in total. The third kappa shape index (κ3) is 1.85. The molecule has 1 aromatic carbocycles. The van der Waals surface area contributed by atoms with E-state index in [1.165, 1.54) is 16.3 Å². The first kappa shape index (κ1) is 10.1. The number of hydrogen-bond acceptors (Lipinski definition) is 2. The Balaban J connectivity index is 2.63. The van der Waals surface area contributed by atoms with Gasteiger partial charge >= 0.3 is 0 Å². The second kappa shape index (κ2) is 3.99. The molecule has 78 valence electrons. The van der Waals surface area contributed by atoms with Gasteiger partial charge in [-0.15, -0.1) is 0 Å². The molecule has 0 fully saturated rings. The molecule has 1 atom stereocenters. The second-order valence-corrected chi connectivity index (χ2v) is 3.92. The Labute approximate surface area is 90.1 Å². The van der Waals surface area contributed by atoms with E-state index >= 15 is 0 Å². The molecule has 0 saturated carbocycles. The lowest BCUT2D eigenvalue weighted by Crippen LogP contribution is -2.04. The van der Waals surface area contributed by atoms with E-state index < -0.39 is 0 Å². The van der Waals surface area contributed by atoms with Crippen molar-refractivity contribution >= 4 is 10.8 Å². The van der Waals surface area contributed by atoms with Gasteiger partial charge in [0.1, 0.15) is 0 Å². The van der Waals surface area contributed by atoms with E-state index in [0.29, 0.717) is 0 Å². The number of aryl methyl sites for hydroxylation is 1. The molecular formula is C13H16N2. The maximum Gasteiger partial charge on any atom is 0.0346 e. The van der Waals surface area contributed by atoms with Crippen LogP contribution in [0, 0.1) is 0 Å². The van der Waals surface area contributed by atoms with Crippen LogP contribution in [0.25, 0.3) is 10.8 Å². The lowest BCUT2D eigenvalue weighted by atomic mass is 10.0. The van der Waals surface area contributed by atoms with Crippen molar-refractivity contribution in [1.82, 2.24) is 4.98 Å². The normalized spacial score (nSPS) is 13.0. The van der Waals surface area contributed by atoms with Crippen molar-refractivity contribution in [3.8, 4) is 0 Å². The highest BCUT2D eigenvalue weighted by molar-refractivity contribution is 5.85.